The number of benzene rings is 6. The van der Waals surface area contributed by atoms with Crippen molar-refractivity contribution in [2.75, 3.05) is 0 Å². The van der Waals surface area contributed by atoms with Crippen molar-refractivity contribution in [1.82, 2.24) is 4.57 Å². The first-order chi connectivity index (χ1) is 17.8. The summed E-state index contributed by atoms with van der Waals surface area (Å²) < 4.78 is 5.11. The molecule has 6 aromatic carbocycles. The molecule has 8 rings (SSSR count). The van der Waals surface area contributed by atoms with Crippen LogP contribution in [-0.4, -0.2) is 4.57 Å². The lowest BCUT2D eigenvalue weighted by Crippen LogP contribution is -1.93. The maximum atomic E-state index is 2.42. The highest BCUT2D eigenvalue weighted by Crippen LogP contribution is 2.41. The minimum Gasteiger partial charge on any atom is -0.309 e. The largest absolute Gasteiger partial charge is 0.309 e. The predicted molar refractivity (Wildman–Crippen MR) is 157 cm³/mol. The van der Waals surface area contributed by atoms with E-state index in [1.165, 1.54) is 69.6 Å². The zero-order valence-electron chi connectivity index (χ0n) is 19.5. The summed E-state index contributed by atoms with van der Waals surface area (Å²) in [4.78, 5) is 0. The van der Waals surface area contributed by atoms with Gasteiger partial charge in [0.15, 0.2) is 0 Å². The Morgan fingerprint density at radius 3 is 2.03 bits per heavy atom. The number of para-hydroxylation sites is 1. The van der Waals surface area contributed by atoms with Gasteiger partial charge in [-0.25, -0.2) is 0 Å². The first kappa shape index (κ1) is 19.9. The van der Waals surface area contributed by atoms with E-state index < -0.39 is 0 Å². The van der Waals surface area contributed by atoms with Crippen LogP contribution < -0.4 is 0 Å². The molecule has 168 valence electrons. The molecule has 0 aliphatic carbocycles. The van der Waals surface area contributed by atoms with Crippen LogP contribution in [0.15, 0.2) is 127 Å². The van der Waals surface area contributed by atoms with Crippen LogP contribution in [0.4, 0.5) is 0 Å². The van der Waals surface area contributed by atoms with Gasteiger partial charge in [0.1, 0.15) is 0 Å². The second kappa shape index (κ2) is 7.55. The first-order valence-electron chi connectivity index (χ1n) is 12.3. The fourth-order valence-corrected chi connectivity index (χ4v) is 6.84. The Morgan fingerprint density at radius 2 is 1.17 bits per heavy atom. The zero-order valence-corrected chi connectivity index (χ0v) is 20.3. The van der Waals surface area contributed by atoms with Gasteiger partial charge in [-0.1, -0.05) is 84.9 Å². The molecule has 0 aliphatic rings. The third-order valence-corrected chi connectivity index (χ3v) is 8.52. The van der Waals surface area contributed by atoms with Gasteiger partial charge in [0, 0.05) is 36.6 Å². The average molecular weight is 476 g/mol. The zero-order chi connectivity index (χ0) is 23.6. The lowest BCUT2D eigenvalue weighted by atomic mass is 10.0. The Kier molecular flexibility index (Phi) is 4.16. The quantitative estimate of drug-likeness (QED) is 0.234. The molecule has 0 saturated carbocycles. The number of thiophene rings is 1. The molecular weight excluding hydrogens is 454 g/mol. The van der Waals surface area contributed by atoms with Crippen molar-refractivity contribution < 1.29 is 0 Å². The summed E-state index contributed by atoms with van der Waals surface area (Å²) in [6.07, 6.45) is 0. The number of hydrogen-bond acceptors (Lipinski definition) is 1. The van der Waals surface area contributed by atoms with E-state index >= 15 is 0 Å². The van der Waals surface area contributed by atoms with Gasteiger partial charge in [0.2, 0.25) is 0 Å². The highest BCUT2D eigenvalue weighted by molar-refractivity contribution is 7.26. The molecule has 2 heterocycles. The van der Waals surface area contributed by atoms with E-state index in [0.717, 1.165) is 0 Å². The number of nitrogens with zero attached hydrogens (tertiary/aromatic N) is 1. The highest BCUT2D eigenvalue weighted by Gasteiger charge is 2.15. The van der Waals surface area contributed by atoms with Crippen molar-refractivity contribution in [3.05, 3.63) is 127 Å². The summed E-state index contributed by atoms with van der Waals surface area (Å²) in [7, 11) is 0. The molecule has 0 N–H and O–H groups in total. The molecule has 0 fully saturated rings. The molecule has 0 bridgehead atoms. The second-order valence-electron chi connectivity index (χ2n) is 9.39. The number of fused-ring (bicyclic) bond motifs is 8. The van der Waals surface area contributed by atoms with Gasteiger partial charge in [-0.3, -0.25) is 0 Å². The maximum Gasteiger partial charge on any atom is 0.0547 e. The van der Waals surface area contributed by atoms with E-state index in [1.807, 2.05) is 11.3 Å². The Labute approximate surface area is 212 Å². The summed E-state index contributed by atoms with van der Waals surface area (Å²) in [6, 6.07) is 46.4. The Hall–Kier alpha value is -4.40. The van der Waals surface area contributed by atoms with Crippen LogP contribution in [0.5, 0.6) is 0 Å². The van der Waals surface area contributed by atoms with Crippen LogP contribution in [0.1, 0.15) is 0 Å². The summed E-state index contributed by atoms with van der Waals surface area (Å²) in [5, 5.41) is 7.93. The van der Waals surface area contributed by atoms with Crippen molar-refractivity contribution in [2.45, 2.75) is 0 Å². The Bertz CT molecular complexity index is 2080. The molecule has 0 atom stereocenters. The standard InChI is InChI=1S/C34H21NS/c1-2-8-22(9-3-1)23-14-17-25(18-15-23)35-30-12-6-4-10-26(30)29-21-28-24(20-31(29)35)16-19-33-34(28)27-11-5-7-13-32(27)36-33/h1-21H. The molecule has 1 nitrogen and oxygen atoms in total. The fraction of sp³-hybridized carbons (Fsp3) is 0. The van der Waals surface area contributed by atoms with Crippen molar-refractivity contribution >= 4 is 64.1 Å². The molecule has 2 aromatic heterocycles. The van der Waals surface area contributed by atoms with Crippen LogP contribution >= 0.6 is 11.3 Å². The summed E-state index contributed by atoms with van der Waals surface area (Å²) in [5.74, 6) is 0. The van der Waals surface area contributed by atoms with Crippen molar-refractivity contribution in [3.63, 3.8) is 0 Å². The van der Waals surface area contributed by atoms with Crippen LogP contribution in [0.25, 0.3) is 69.6 Å². The molecule has 0 amide bonds. The average Bonchev–Trinajstić information content (AvgIpc) is 3.48. The molecule has 0 spiro atoms. The second-order valence-corrected chi connectivity index (χ2v) is 10.5. The van der Waals surface area contributed by atoms with Crippen LogP contribution in [0.2, 0.25) is 0 Å². The van der Waals surface area contributed by atoms with E-state index in [2.05, 4.69) is 132 Å². The summed E-state index contributed by atoms with van der Waals surface area (Å²) in [5.41, 5.74) is 6.14. The van der Waals surface area contributed by atoms with E-state index in [0.29, 0.717) is 0 Å². The van der Waals surface area contributed by atoms with Gasteiger partial charge in [-0.05, 0) is 64.4 Å². The van der Waals surface area contributed by atoms with Gasteiger partial charge in [0.05, 0.1) is 11.0 Å². The van der Waals surface area contributed by atoms with E-state index in [-0.39, 0.29) is 0 Å². The van der Waals surface area contributed by atoms with E-state index in [1.54, 1.807) is 0 Å². The Balaban J connectivity index is 1.43. The topological polar surface area (TPSA) is 4.93 Å². The lowest BCUT2D eigenvalue weighted by molar-refractivity contribution is 1.18. The Morgan fingerprint density at radius 1 is 0.444 bits per heavy atom. The molecular formula is C34H21NS. The van der Waals surface area contributed by atoms with Gasteiger partial charge >= 0.3 is 0 Å². The smallest absolute Gasteiger partial charge is 0.0547 e. The van der Waals surface area contributed by atoms with Gasteiger partial charge in [-0.2, -0.15) is 0 Å². The normalized spacial score (nSPS) is 11.9. The molecule has 8 aromatic rings. The van der Waals surface area contributed by atoms with Crippen LogP contribution in [0, 0.1) is 0 Å². The molecule has 2 heteroatoms. The maximum absolute atomic E-state index is 2.42. The third-order valence-electron chi connectivity index (χ3n) is 7.38. The SMILES string of the molecule is c1ccc(-c2ccc(-n3c4ccccc4c4cc5c(ccc6sc7ccccc7c65)cc43)cc2)cc1. The van der Waals surface area contributed by atoms with Gasteiger partial charge in [0.25, 0.3) is 0 Å². The van der Waals surface area contributed by atoms with Crippen molar-refractivity contribution in [1.29, 1.82) is 0 Å². The third kappa shape index (κ3) is 2.82. The minimum absolute atomic E-state index is 1.18. The van der Waals surface area contributed by atoms with E-state index in [4.69, 9.17) is 0 Å². The minimum atomic E-state index is 1.18. The monoisotopic (exact) mass is 475 g/mol. The fourth-order valence-electron chi connectivity index (χ4n) is 5.72. The number of hydrogen-bond donors (Lipinski definition) is 0. The molecule has 0 aliphatic heterocycles. The molecule has 0 unspecified atom stereocenters. The summed E-state index contributed by atoms with van der Waals surface area (Å²) in [6.45, 7) is 0. The number of rotatable bonds is 2. The van der Waals surface area contributed by atoms with Crippen molar-refractivity contribution in [3.8, 4) is 16.8 Å². The predicted octanol–water partition coefficient (Wildman–Crippen LogP) is 9.97. The van der Waals surface area contributed by atoms with Gasteiger partial charge < -0.3 is 4.57 Å². The molecule has 0 radical (unpaired) electrons. The van der Waals surface area contributed by atoms with Crippen LogP contribution in [0.3, 0.4) is 0 Å². The van der Waals surface area contributed by atoms with Crippen LogP contribution in [-0.2, 0) is 0 Å². The number of aromatic nitrogens is 1. The lowest BCUT2D eigenvalue weighted by Gasteiger charge is -2.10. The van der Waals surface area contributed by atoms with Gasteiger partial charge in [-0.15, -0.1) is 11.3 Å². The van der Waals surface area contributed by atoms with Crippen molar-refractivity contribution in [2.24, 2.45) is 0 Å². The first-order valence-corrected chi connectivity index (χ1v) is 13.1. The molecule has 36 heavy (non-hydrogen) atoms. The molecule has 0 saturated heterocycles. The highest BCUT2D eigenvalue weighted by atomic mass is 32.1. The van der Waals surface area contributed by atoms with E-state index in [9.17, 15) is 0 Å². The summed E-state index contributed by atoms with van der Waals surface area (Å²) >= 11 is 1.88.